The van der Waals surface area contributed by atoms with E-state index in [1.54, 1.807) is 7.05 Å². The van der Waals surface area contributed by atoms with E-state index in [4.69, 9.17) is 11.6 Å². The van der Waals surface area contributed by atoms with Crippen LogP contribution in [0.4, 0.5) is 14.5 Å². The first-order valence-electron chi connectivity index (χ1n) is 7.36. The zero-order valence-corrected chi connectivity index (χ0v) is 15.4. The molecule has 0 radical (unpaired) electrons. The van der Waals surface area contributed by atoms with Gasteiger partial charge in [0.1, 0.15) is 5.69 Å². The highest BCUT2D eigenvalue weighted by atomic mass is 35.5. The van der Waals surface area contributed by atoms with Crippen molar-refractivity contribution < 1.29 is 23.1 Å². The Labute approximate surface area is 165 Å². The van der Waals surface area contributed by atoms with Gasteiger partial charge in [0.05, 0.1) is 28.5 Å². The van der Waals surface area contributed by atoms with Crippen molar-refractivity contribution in [3.63, 3.8) is 0 Å². The average Bonchev–Trinajstić information content (AvgIpc) is 3.30. The van der Waals surface area contributed by atoms with Gasteiger partial charge in [-0.1, -0.05) is 11.6 Å². The van der Waals surface area contributed by atoms with E-state index >= 15 is 0 Å². The third-order valence-corrected chi connectivity index (χ3v) is 4.19. The minimum atomic E-state index is -3.18. The maximum absolute atomic E-state index is 12.7. The molecule has 15 heteroatoms. The van der Waals surface area contributed by atoms with Crippen molar-refractivity contribution in [3.8, 4) is 5.75 Å². The topological polar surface area (TPSA) is 133 Å². The van der Waals surface area contributed by atoms with Crippen LogP contribution in [-0.4, -0.2) is 45.2 Å². The first kappa shape index (κ1) is 19.7. The fourth-order valence-corrected chi connectivity index (χ4v) is 2.75. The van der Waals surface area contributed by atoms with Crippen LogP contribution in [0.3, 0.4) is 0 Å². The minimum absolute atomic E-state index is 0.0574. The third kappa shape index (κ3) is 4.24. The summed E-state index contributed by atoms with van der Waals surface area (Å²) >= 11 is 6.99. The third-order valence-electron chi connectivity index (χ3n) is 3.32. The van der Waals surface area contributed by atoms with Gasteiger partial charge in [0.2, 0.25) is 5.96 Å². The molecule has 0 saturated carbocycles. The normalized spacial score (nSPS) is 13.2. The number of carbonyl (C=O) groups excluding carboxylic acids is 2. The maximum Gasteiger partial charge on any atom is 0.387 e. The van der Waals surface area contributed by atoms with E-state index in [-0.39, 0.29) is 27.9 Å². The molecule has 2 aromatic rings. The summed E-state index contributed by atoms with van der Waals surface area (Å²) in [7, 11) is 1.58. The van der Waals surface area contributed by atoms with Crippen molar-refractivity contribution in [1.29, 1.82) is 0 Å². The van der Waals surface area contributed by atoms with E-state index in [2.05, 4.69) is 40.3 Å². The Morgan fingerprint density at radius 1 is 1.32 bits per heavy atom. The number of ether oxygens (including phenoxy) is 1. The van der Waals surface area contributed by atoms with E-state index < -0.39 is 24.2 Å². The van der Waals surface area contributed by atoms with E-state index in [9.17, 15) is 18.4 Å². The lowest BCUT2D eigenvalue weighted by atomic mass is 10.1. The fourth-order valence-electron chi connectivity index (χ4n) is 2.05. The van der Waals surface area contributed by atoms with Crippen molar-refractivity contribution in [3.05, 3.63) is 34.6 Å². The molecule has 28 heavy (non-hydrogen) atoms. The van der Waals surface area contributed by atoms with Gasteiger partial charge in [0, 0.05) is 7.05 Å². The number of nitrogens with zero attached hydrogens (tertiary/aromatic N) is 4. The molecule has 0 unspecified atom stereocenters. The van der Waals surface area contributed by atoms with E-state index in [0.29, 0.717) is 0 Å². The van der Waals surface area contributed by atoms with Crippen LogP contribution in [-0.2, 0) is 0 Å². The molecule has 3 rings (SSSR count). The van der Waals surface area contributed by atoms with Gasteiger partial charge in [0.25, 0.3) is 11.8 Å². The van der Waals surface area contributed by atoms with Crippen molar-refractivity contribution in [2.24, 2.45) is 5.10 Å². The number of hydrazine groups is 2. The van der Waals surface area contributed by atoms with Gasteiger partial charge < -0.3 is 10.1 Å². The molecule has 1 aliphatic heterocycles. The molecule has 11 nitrogen and oxygen atoms in total. The number of anilines is 1. The molecule has 1 aromatic carbocycles. The monoisotopic (exact) mass is 432 g/mol. The number of amides is 2. The summed E-state index contributed by atoms with van der Waals surface area (Å²) < 4.78 is 37.2. The Kier molecular flexibility index (Phi) is 5.81. The van der Waals surface area contributed by atoms with Crippen LogP contribution in [0.5, 0.6) is 5.75 Å². The number of aromatic nitrogens is 2. The molecule has 1 aliphatic rings. The van der Waals surface area contributed by atoms with Gasteiger partial charge in [0.15, 0.2) is 11.4 Å². The molecule has 2 heterocycles. The summed E-state index contributed by atoms with van der Waals surface area (Å²) in [6.45, 7) is -3.18. The number of hydrazone groups is 1. The molecule has 148 valence electrons. The van der Waals surface area contributed by atoms with Gasteiger partial charge >= 0.3 is 6.61 Å². The van der Waals surface area contributed by atoms with Gasteiger partial charge in [-0.25, -0.2) is 5.53 Å². The van der Waals surface area contributed by atoms with Crippen LogP contribution in [0.15, 0.2) is 23.4 Å². The Hall–Kier alpha value is -3.10. The number of alkyl halides is 2. The largest absolute Gasteiger partial charge is 0.433 e. The van der Waals surface area contributed by atoms with Crippen LogP contribution >= 0.6 is 23.3 Å². The summed E-state index contributed by atoms with van der Waals surface area (Å²) in [4.78, 5) is 24.7. The highest BCUT2D eigenvalue weighted by molar-refractivity contribution is 6.99. The van der Waals surface area contributed by atoms with Crippen LogP contribution in [0, 0.1) is 0 Å². The predicted octanol–water partition coefficient (Wildman–Crippen LogP) is 1.00. The van der Waals surface area contributed by atoms with Crippen LogP contribution in [0.1, 0.15) is 20.8 Å². The number of rotatable bonds is 5. The van der Waals surface area contributed by atoms with Crippen molar-refractivity contribution in [2.45, 2.75) is 6.61 Å². The number of benzene rings is 1. The molecule has 0 aliphatic carbocycles. The molecule has 1 aromatic heterocycles. The van der Waals surface area contributed by atoms with Gasteiger partial charge in [-0.05, 0) is 12.1 Å². The van der Waals surface area contributed by atoms with Gasteiger partial charge in [-0.15, -0.1) is 10.6 Å². The molecule has 2 amide bonds. The Bertz CT molecular complexity index is 927. The molecular weight excluding hydrogens is 422 g/mol. The van der Waals surface area contributed by atoms with Crippen molar-refractivity contribution >= 4 is 46.8 Å². The summed E-state index contributed by atoms with van der Waals surface area (Å²) in [5, 5.41) is 9.61. The molecule has 0 atom stereocenters. The smallest absolute Gasteiger partial charge is 0.387 e. The number of hydrogen-bond donors (Lipinski definition) is 4. The SMILES string of the molecule is CN1NNN=C1NC(=O)c1ccc(OC(F)F)c(NC(=O)c2cnsn2)c1Cl. The number of guanidine groups is 1. The first-order valence-corrected chi connectivity index (χ1v) is 8.47. The second-order valence-electron chi connectivity index (χ2n) is 5.10. The molecular formula is C13H11ClF2N8O3S. The Balaban J connectivity index is 1.91. The lowest BCUT2D eigenvalue weighted by molar-refractivity contribution is -0.0493. The minimum Gasteiger partial charge on any atom is -0.433 e. The standard InChI is InChI=1S/C13H11ClF2N8O3S/c1-24-13(20-22-23-24)19-10(25)5-2-3-7(27-12(15)16)9(8(5)14)18-11(26)6-4-17-28-21-6/h2-4,12,22-23H,1H3,(H,18,26)(H,19,20,25). The predicted molar refractivity (Wildman–Crippen MR) is 94.9 cm³/mol. The molecule has 0 fully saturated rings. The average molecular weight is 433 g/mol. The Morgan fingerprint density at radius 3 is 2.71 bits per heavy atom. The molecule has 0 bridgehead atoms. The second-order valence-corrected chi connectivity index (χ2v) is 6.03. The molecule has 0 saturated heterocycles. The number of hydrogen-bond acceptors (Lipinski definition) is 10. The summed E-state index contributed by atoms with van der Waals surface area (Å²) in [6.07, 6.45) is 1.19. The highest BCUT2D eigenvalue weighted by Crippen LogP contribution is 2.36. The lowest BCUT2D eigenvalue weighted by Crippen LogP contribution is -2.45. The number of halogens is 3. The zero-order chi connectivity index (χ0) is 20.3. The molecule has 4 N–H and O–H groups in total. The van der Waals surface area contributed by atoms with Crippen LogP contribution < -0.4 is 26.4 Å². The number of nitrogens with one attached hydrogen (secondary N) is 4. The summed E-state index contributed by atoms with van der Waals surface area (Å²) in [5.41, 5.74) is 4.52. The first-order chi connectivity index (χ1) is 13.4. The Morgan fingerprint density at radius 2 is 2.11 bits per heavy atom. The maximum atomic E-state index is 12.7. The quantitative estimate of drug-likeness (QED) is 0.550. The van der Waals surface area contributed by atoms with E-state index in [1.165, 1.54) is 17.3 Å². The van der Waals surface area contributed by atoms with Crippen molar-refractivity contribution in [1.82, 2.24) is 30.1 Å². The van der Waals surface area contributed by atoms with E-state index in [0.717, 1.165) is 17.8 Å². The summed E-state index contributed by atoms with van der Waals surface area (Å²) in [6, 6.07) is 2.25. The lowest BCUT2D eigenvalue weighted by Gasteiger charge is -2.16. The second kappa shape index (κ2) is 8.28. The van der Waals surface area contributed by atoms with E-state index in [1.807, 2.05) is 0 Å². The number of carbonyl (C=O) groups is 2. The fraction of sp³-hybridized carbons (Fsp3) is 0.154. The summed E-state index contributed by atoms with van der Waals surface area (Å²) in [5.74, 6) is -1.75. The van der Waals surface area contributed by atoms with Crippen LogP contribution in [0.25, 0.3) is 0 Å². The van der Waals surface area contributed by atoms with Gasteiger partial charge in [-0.2, -0.15) is 17.5 Å². The molecule has 0 spiro atoms. The zero-order valence-electron chi connectivity index (χ0n) is 13.9. The van der Waals surface area contributed by atoms with Crippen molar-refractivity contribution in [2.75, 3.05) is 12.4 Å². The van der Waals surface area contributed by atoms with Crippen LogP contribution in [0.2, 0.25) is 5.02 Å². The highest BCUT2D eigenvalue weighted by Gasteiger charge is 2.24. The van der Waals surface area contributed by atoms with Gasteiger partial charge in [-0.3, -0.25) is 19.9 Å².